The summed E-state index contributed by atoms with van der Waals surface area (Å²) in [5.74, 6) is 4.38. The highest BCUT2D eigenvalue weighted by Crippen LogP contribution is 2.10. The molecule has 0 radical (unpaired) electrons. The minimum absolute atomic E-state index is 0.0454. The number of benzene rings is 1. The molecule has 0 amide bonds. The molecule has 0 fully saturated rings. The third-order valence-electron chi connectivity index (χ3n) is 1.76. The molecule has 74 valence electrons. The maximum atomic E-state index is 13.2. The molecule has 0 aliphatic rings. The van der Waals surface area contributed by atoms with Crippen molar-refractivity contribution in [3.63, 3.8) is 0 Å². The van der Waals surface area contributed by atoms with Crippen LogP contribution in [0, 0.1) is 29.0 Å². The average Bonchev–Trinajstić information content (AvgIpc) is 2.20. The van der Waals surface area contributed by atoms with Crippen molar-refractivity contribution in [2.45, 2.75) is 13.3 Å². The van der Waals surface area contributed by atoms with Crippen LogP contribution in [0.4, 0.5) is 4.39 Å². The van der Waals surface area contributed by atoms with Crippen molar-refractivity contribution in [2.75, 3.05) is 0 Å². The van der Waals surface area contributed by atoms with Gasteiger partial charge in [0, 0.05) is 5.56 Å². The Kier molecular flexibility index (Phi) is 3.60. The molecule has 0 unspecified atom stereocenters. The van der Waals surface area contributed by atoms with E-state index in [0.717, 1.165) is 0 Å². The second-order valence-corrected chi connectivity index (χ2v) is 2.89. The zero-order valence-corrected chi connectivity index (χ0v) is 8.17. The highest BCUT2D eigenvalue weighted by molar-refractivity contribution is 5.94. The molecule has 0 saturated carbocycles. The zero-order chi connectivity index (χ0) is 11.3. The molecule has 0 N–H and O–H groups in total. The van der Waals surface area contributed by atoms with Crippen molar-refractivity contribution in [1.82, 2.24) is 0 Å². The van der Waals surface area contributed by atoms with Crippen LogP contribution in [0.25, 0.3) is 0 Å². The topological polar surface area (TPSA) is 40.9 Å². The van der Waals surface area contributed by atoms with Gasteiger partial charge in [-0.25, -0.2) is 4.39 Å². The Labute approximate surface area is 87.3 Å². The lowest BCUT2D eigenvalue weighted by Crippen LogP contribution is -1.94. The molecule has 0 aliphatic heterocycles. The summed E-state index contributed by atoms with van der Waals surface area (Å²) in [6, 6.07) is 5.83. The number of Topliss-reactive ketones (excluding diaryl/α,β-unsaturated/α-hetero) is 1. The van der Waals surface area contributed by atoms with E-state index >= 15 is 0 Å². The zero-order valence-electron chi connectivity index (χ0n) is 8.17. The van der Waals surface area contributed by atoms with Gasteiger partial charge in [-0.15, -0.1) is 0 Å². The van der Waals surface area contributed by atoms with Gasteiger partial charge < -0.3 is 0 Å². The molecule has 15 heavy (non-hydrogen) atoms. The van der Waals surface area contributed by atoms with Crippen LogP contribution >= 0.6 is 0 Å². The molecule has 0 heterocycles. The number of hydrogen-bond donors (Lipinski definition) is 0. The van der Waals surface area contributed by atoms with Crippen molar-refractivity contribution in [1.29, 1.82) is 5.26 Å². The van der Waals surface area contributed by atoms with Gasteiger partial charge in [0.2, 0.25) is 0 Å². The lowest BCUT2D eigenvalue weighted by Gasteiger charge is -1.97. The van der Waals surface area contributed by atoms with E-state index in [1.165, 1.54) is 25.1 Å². The SMILES string of the molecule is CC(=O)c1ccc(F)c(C#CCC#N)c1. The molecule has 0 aromatic heterocycles. The Balaban J connectivity index is 3.08. The summed E-state index contributed by atoms with van der Waals surface area (Å²) in [5.41, 5.74) is 0.565. The Hall–Kier alpha value is -2.13. The van der Waals surface area contributed by atoms with Gasteiger partial charge in [0.25, 0.3) is 0 Å². The Morgan fingerprint density at radius 2 is 2.27 bits per heavy atom. The van der Waals surface area contributed by atoms with Crippen LogP contribution in [-0.4, -0.2) is 5.78 Å². The minimum atomic E-state index is -0.481. The summed E-state index contributed by atoms with van der Waals surface area (Å²) in [6.07, 6.45) is 0.0454. The maximum Gasteiger partial charge on any atom is 0.159 e. The van der Waals surface area contributed by atoms with Gasteiger partial charge in [-0.1, -0.05) is 11.8 Å². The average molecular weight is 201 g/mol. The van der Waals surface area contributed by atoms with Crippen LogP contribution in [0.15, 0.2) is 18.2 Å². The number of ketones is 1. The molecule has 1 aromatic rings. The predicted octanol–water partition coefficient (Wildman–Crippen LogP) is 2.29. The first-order chi connectivity index (χ1) is 7.15. The van der Waals surface area contributed by atoms with Gasteiger partial charge in [-0.3, -0.25) is 4.79 Å². The van der Waals surface area contributed by atoms with Gasteiger partial charge >= 0.3 is 0 Å². The molecular formula is C12H8FNO. The van der Waals surface area contributed by atoms with E-state index in [2.05, 4.69) is 11.8 Å². The predicted molar refractivity (Wildman–Crippen MR) is 53.5 cm³/mol. The summed E-state index contributed by atoms with van der Waals surface area (Å²) in [5, 5.41) is 8.26. The first kappa shape index (κ1) is 10.9. The molecule has 2 nitrogen and oxygen atoms in total. The summed E-state index contributed by atoms with van der Waals surface area (Å²) in [4.78, 5) is 11.0. The number of hydrogen-bond acceptors (Lipinski definition) is 2. The van der Waals surface area contributed by atoms with Crippen LogP contribution < -0.4 is 0 Å². The van der Waals surface area contributed by atoms with E-state index in [1.807, 2.05) is 6.07 Å². The third kappa shape index (κ3) is 2.93. The number of halogens is 1. The van der Waals surface area contributed by atoms with E-state index in [1.54, 1.807) is 0 Å². The van der Waals surface area contributed by atoms with E-state index < -0.39 is 5.82 Å². The monoisotopic (exact) mass is 201 g/mol. The fraction of sp³-hybridized carbons (Fsp3) is 0.167. The van der Waals surface area contributed by atoms with Crippen LogP contribution in [0.5, 0.6) is 0 Å². The van der Waals surface area contributed by atoms with Crippen LogP contribution in [0.1, 0.15) is 29.3 Å². The number of nitriles is 1. The molecule has 0 atom stereocenters. The highest BCUT2D eigenvalue weighted by atomic mass is 19.1. The molecule has 0 bridgehead atoms. The number of rotatable bonds is 1. The summed E-state index contributed by atoms with van der Waals surface area (Å²) in [6.45, 7) is 1.40. The van der Waals surface area contributed by atoms with E-state index in [9.17, 15) is 9.18 Å². The second kappa shape index (κ2) is 4.93. The van der Waals surface area contributed by atoms with Crippen molar-refractivity contribution in [2.24, 2.45) is 0 Å². The maximum absolute atomic E-state index is 13.2. The van der Waals surface area contributed by atoms with Crippen molar-refractivity contribution in [3.8, 4) is 17.9 Å². The van der Waals surface area contributed by atoms with Gasteiger partial charge in [-0.2, -0.15) is 5.26 Å². The van der Waals surface area contributed by atoms with E-state index in [0.29, 0.717) is 5.56 Å². The second-order valence-electron chi connectivity index (χ2n) is 2.89. The Bertz CT molecular complexity index is 489. The normalized spacial score (nSPS) is 8.60. The molecular weight excluding hydrogens is 193 g/mol. The molecule has 1 rings (SSSR count). The van der Waals surface area contributed by atoms with Crippen molar-refractivity contribution >= 4 is 5.78 Å². The lowest BCUT2D eigenvalue weighted by atomic mass is 10.1. The third-order valence-corrected chi connectivity index (χ3v) is 1.76. The summed E-state index contributed by atoms with van der Waals surface area (Å²) < 4.78 is 13.2. The summed E-state index contributed by atoms with van der Waals surface area (Å²) in [7, 11) is 0. The first-order valence-corrected chi connectivity index (χ1v) is 4.31. The Morgan fingerprint density at radius 1 is 1.53 bits per heavy atom. The quantitative estimate of drug-likeness (QED) is 0.516. The number of carbonyl (C=O) groups is 1. The lowest BCUT2D eigenvalue weighted by molar-refractivity contribution is 0.101. The van der Waals surface area contributed by atoms with Gasteiger partial charge in [0.1, 0.15) is 5.82 Å². The first-order valence-electron chi connectivity index (χ1n) is 4.31. The van der Waals surface area contributed by atoms with Crippen LogP contribution in [0.3, 0.4) is 0 Å². The molecule has 0 spiro atoms. The van der Waals surface area contributed by atoms with Gasteiger partial charge in [-0.05, 0) is 25.1 Å². The minimum Gasteiger partial charge on any atom is -0.295 e. The molecule has 1 aromatic carbocycles. The fourth-order valence-electron chi connectivity index (χ4n) is 1.02. The number of nitrogens with zero attached hydrogens (tertiary/aromatic N) is 1. The summed E-state index contributed by atoms with van der Waals surface area (Å²) >= 11 is 0. The van der Waals surface area contributed by atoms with Crippen LogP contribution in [-0.2, 0) is 0 Å². The van der Waals surface area contributed by atoms with Gasteiger partial charge in [0.05, 0.1) is 18.1 Å². The van der Waals surface area contributed by atoms with Crippen molar-refractivity contribution in [3.05, 3.63) is 35.1 Å². The number of carbonyl (C=O) groups excluding carboxylic acids is 1. The highest BCUT2D eigenvalue weighted by Gasteiger charge is 2.03. The van der Waals surface area contributed by atoms with E-state index in [4.69, 9.17) is 5.26 Å². The Morgan fingerprint density at radius 3 is 2.87 bits per heavy atom. The van der Waals surface area contributed by atoms with E-state index in [-0.39, 0.29) is 17.8 Å². The van der Waals surface area contributed by atoms with Crippen molar-refractivity contribution < 1.29 is 9.18 Å². The van der Waals surface area contributed by atoms with Crippen LogP contribution in [0.2, 0.25) is 0 Å². The molecule has 0 saturated heterocycles. The smallest absolute Gasteiger partial charge is 0.159 e. The standard InChI is InChI=1S/C12H8FNO/c1-9(15)10-5-6-12(13)11(8-10)4-2-3-7-14/h5-6,8H,3H2,1H3. The largest absolute Gasteiger partial charge is 0.295 e. The van der Waals surface area contributed by atoms with Gasteiger partial charge in [0.15, 0.2) is 5.78 Å². The molecule has 3 heteroatoms. The fourth-order valence-corrected chi connectivity index (χ4v) is 1.02. The molecule has 0 aliphatic carbocycles.